The van der Waals surface area contributed by atoms with Crippen LogP contribution in [0.4, 0.5) is 4.79 Å². The van der Waals surface area contributed by atoms with Crippen LogP contribution in [-0.4, -0.2) is 42.1 Å². The number of esters is 1. The SMILES string of the molecule is CCCCCC/C=C\COC(=O)CCCCCCCN(C)C(=O)SCC. The van der Waals surface area contributed by atoms with Gasteiger partial charge in [-0.3, -0.25) is 9.59 Å². The molecule has 0 heterocycles. The fourth-order valence-corrected chi connectivity index (χ4v) is 3.12. The van der Waals surface area contributed by atoms with Gasteiger partial charge >= 0.3 is 5.97 Å². The number of nitrogens with zero attached hydrogens (tertiary/aromatic N) is 1. The fourth-order valence-electron chi connectivity index (χ4n) is 2.56. The normalized spacial score (nSPS) is 11.0. The molecule has 0 aromatic heterocycles. The number of hydrogen-bond acceptors (Lipinski definition) is 4. The van der Waals surface area contributed by atoms with E-state index in [1.807, 2.05) is 20.0 Å². The molecule has 0 aliphatic heterocycles. The Hall–Kier alpha value is -0.970. The highest BCUT2D eigenvalue weighted by atomic mass is 32.2. The van der Waals surface area contributed by atoms with Gasteiger partial charge in [0.15, 0.2) is 0 Å². The number of carbonyl (C=O) groups is 2. The summed E-state index contributed by atoms with van der Waals surface area (Å²) in [7, 11) is 1.86. The Bertz CT molecular complexity index is 385. The molecule has 0 N–H and O–H groups in total. The summed E-state index contributed by atoms with van der Waals surface area (Å²) >= 11 is 1.36. The molecular weight excluding hydrogens is 346 g/mol. The smallest absolute Gasteiger partial charge is 0.306 e. The van der Waals surface area contributed by atoms with Crippen molar-refractivity contribution in [2.45, 2.75) is 84.5 Å². The summed E-state index contributed by atoms with van der Waals surface area (Å²) in [5.41, 5.74) is 0. The lowest BCUT2D eigenvalue weighted by molar-refractivity contribution is -0.142. The maximum absolute atomic E-state index is 11.6. The van der Waals surface area contributed by atoms with Crippen molar-refractivity contribution >= 4 is 23.0 Å². The molecule has 0 aromatic rings. The van der Waals surface area contributed by atoms with Gasteiger partial charge in [-0.15, -0.1) is 0 Å². The van der Waals surface area contributed by atoms with E-state index in [1.165, 1.54) is 37.4 Å². The topological polar surface area (TPSA) is 46.6 Å². The van der Waals surface area contributed by atoms with Gasteiger partial charge in [0.1, 0.15) is 6.61 Å². The third kappa shape index (κ3) is 16.5. The maximum atomic E-state index is 11.6. The lowest BCUT2D eigenvalue weighted by atomic mass is 10.1. The number of hydrogen-bond donors (Lipinski definition) is 0. The average Bonchev–Trinajstić information content (AvgIpc) is 2.63. The van der Waals surface area contributed by atoms with Crippen LogP contribution in [0.2, 0.25) is 0 Å². The Morgan fingerprint density at radius 1 is 0.923 bits per heavy atom. The zero-order valence-electron chi connectivity index (χ0n) is 17.1. The summed E-state index contributed by atoms with van der Waals surface area (Å²) in [4.78, 5) is 25.0. The number of thioether (sulfide) groups is 1. The summed E-state index contributed by atoms with van der Waals surface area (Å²) in [6, 6.07) is 0. The van der Waals surface area contributed by atoms with Gasteiger partial charge in [0.2, 0.25) is 0 Å². The molecular formula is C21H39NO3S. The molecule has 0 unspecified atom stereocenters. The second kappa shape index (κ2) is 18.8. The molecule has 5 heteroatoms. The van der Waals surface area contributed by atoms with Gasteiger partial charge in [-0.25, -0.2) is 0 Å². The first kappa shape index (κ1) is 25.0. The summed E-state index contributed by atoms with van der Waals surface area (Å²) < 4.78 is 5.21. The van der Waals surface area contributed by atoms with Crippen LogP contribution < -0.4 is 0 Å². The minimum absolute atomic E-state index is 0.0949. The van der Waals surface area contributed by atoms with Crippen LogP contribution in [-0.2, 0) is 9.53 Å². The molecule has 1 amide bonds. The van der Waals surface area contributed by atoms with E-state index in [4.69, 9.17) is 4.74 Å². The lowest BCUT2D eigenvalue weighted by Crippen LogP contribution is -2.23. The highest BCUT2D eigenvalue weighted by Gasteiger charge is 2.07. The highest BCUT2D eigenvalue weighted by molar-refractivity contribution is 8.13. The third-order valence-electron chi connectivity index (χ3n) is 4.19. The molecule has 0 rings (SSSR count). The summed E-state index contributed by atoms with van der Waals surface area (Å²) in [6.45, 7) is 5.43. The Labute approximate surface area is 165 Å². The van der Waals surface area contributed by atoms with Gasteiger partial charge in [0.25, 0.3) is 5.24 Å². The average molecular weight is 386 g/mol. The van der Waals surface area contributed by atoms with E-state index in [1.54, 1.807) is 4.90 Å². The molecule has 0 bridgehead atoms. The predicted molar refractivity (Wildman–Crippen MR) is 113 cm³/mol. The minimum atomic E-state index is -0.0949. The van der Waals surface area contributed by atoms with Crippen LogP contribution in [0.5, 0.6) is 0 Å². The van der Waals surface area contributed by atoms with Crippen LogP contribution in [0.15, 0.2) is 12.2 Å². The van der Waals surface area contributed by atoms with E-state index in [9.17, 15) is 9.59 Å². The van der Waals surface area contributed by atoms with Gasteiger partial charge in [0.05, 0.1) is 0 Å². The number of amides is 1. The van der Waals surface area contributed by atoms with Crippen molar-refractivity contribution in [2.75, 3.05) is 26.0 Å². The summed E-state index contributed by atoms with van der Waals surface area (Å²) in [5.74, 6) is 0.733. The Morgan fingerprint density at radius 3 is 2.35 bits per heavy atom. The summed E-state index contributed by atoms with van der Waals surface area (Å²) in [5, 5.41) is 0.158. The van der Waals surface area contributed by atoms with Gasteiger partial charge in [0, 0.05) is 20.0 Å². The molecule has 0 radical (unpaired) electrons. The van der Waals surface area contributed by atoms with E-state index in [0.29, 0.717) is 13.0 Å². The van der Waals surface area contributed by atoms with Crippen LogP contribution in [0.25, 0.3) is 0 Å². The molecule has 0 fully saturated rings. The highest BCUT2D eigenvalue weighted by Crippen LogP contribution is 2.10. The fraction of sp³-hybridized carbons (Fsp3) is 0.810. The molecule has 152 valence electrons. The second-order valence-corrected chi connectivity index (χ2v) is 7.86. The molecule has 0 aliphatic carbocycles. The standard InChI is InChI=1S/C21H39NO3S/c1-4-6-7-8-9-13-16-19-25-20(23)17-14-11-10-12-15-18-22(3)21(24)26-5-2/h13,16H,4-12,14-15,17-19H2,1-3H3/b16-13-. The zero-order valence-corrected chi connectivity index (χ0v) is 18.0. The minimum Gasteiger partial charge on any atom is -0.461 e. The van der Waals surface area contributed by atoms with E-state index < -0.39 is 0 Å². The van der Waals surface area contributed by atoms with Crippen molar-refractivity contribution in [1.29, 1.82) is 0 Å². The van der Waals surface area contributed by atoms with E-state index >= 15 is 0 Å². The molecule has 0 aliphatic rings. The van der Waals surface area contributed by atoms with Crippen LogP contribution in [0.3, 0.4) is 0 Å². The zero-order chi connectivity index (χ0) is 19.5. The second-order valence-electron chi connectivity index (χ2n) is 6.64. The molecule has 0 saturated carbocycles. The summed E-state index contributed by atoms with van der Waals surface area (Å²) in [6.07, 6.45) is 15.9. The number of unbranched alkanes of at least 4 members (excludes halogenated alkanes) is 8. The molecule has 0 saturated heterocycles. The molecule has 0 spiro atoms. The van der Waals surface area contributed by atoms with E-state index in [-0.39, 0.29) is 11.2 Å². The van der Waals surface area contributed by atoms with Crippen molar-refractivity contribution in [2.24, 2.45) is 0 Å². The largest absolute Gasteiger partial charge is 0.461 e. The van der Waals surface area contributed by atoms with Crippen LogP contribution >= 0.6 is 11.8 Å². The van der Waals surface area contributed by atoms with Gasteiger partial charge in [-0.05, 0) is 31.4 Å². The Balaban J connectivity index is 3.41. The van der Waals surface area contributed by atoms with Crippen molar-refractivity contribution in [3.8, 4) is 0 Å². The van der Waals surface area contributed by atoms with Crippen LogP contribution in [0, 0.1) is 0 Å². The van der Waals surface area contributed by atoms with Gasteiger partial charge in [-0.2, -0.15) is 0 Å². The Morgan fingerprint density at radius 2 is 1.62 bits per heavy atom. The van der Waals surface area contributed by atoms with Crippen molar-refractivity contribution in [1.82, 2.24) is 4.90 Å². The number of carbonyl (C=O) groups excluding carboxylic acids is 2. The van der Waals surface area contributed by atoms with Gasteiger partial charge < -0.3 is 9.64 Å². The lowest BCUT2D eigenvalue weighted by Gasteiger charge is -2.15. The van der Waals surface area contributed by atoms with Crippen LogP contribution in [0.1, 0.15) is 84.5 Å². The number of ether oxygens (including phenoxy) is 1. The van der Waals surface area contributed by atoms with E-state index in [0.717, 1.165) is 50.8 Å². The maximum Gasteiger partial charge on any atom is 0.306 e. The molecule has 0 aromatic carbocycles. The number of rotatable bonds is 16. The molecule has 26 heavy (non-hydrogen) atoms. The quantitative estimate of drug-likeness (QED) is 0.180. The predicted octanol–water partition coefficient (Wildman–Crippen LogP) is 6.20. The third-order valence-corrected chi connectivity index (χ3v) is 5.03. The van der Waals surface area contributed by atoms with Crippen molar-refractivity contribution in [3.63, 3.8) is 0 Å². The van der Waals surface area contributed by atoms with Crippen molar-refractivity contribution in [3.05, 3.63) is 12.2 Å². The van der Waals surface area contributed by atoms with Crippen molar-refractivity contribution < 1.29 is 14.3 Å². The molecule has 4 nitrogen and oxygen atoms in total. The first-order valence-electron chi connectivity index (χ1n) is 10.3. The van der Waals surface area contributed by atoms with Gasteiger partial charge in [-0.1, -0.05) is 76.3 Å². The number of allylic oxidation sites excluding steroid dienone is 1. The molecule has 0 atom stereocenters. The monoisotopic (exact) mass is 385 g/mol. The Kier molecular flexibility index (Phi) is 18.1. The van der Waals surface area contributed by atoms with E-state index in [2.05, 4.69) is 13.0 Å². The first-order chi connectivity index (χ1) is 12.6. The first-order valence-corrected chi connectivity index (χ1v) is 11.3.